The summed E-state index contributed by atoms with van der Waals surface area (Å²) in [6.45, 7) is 4.37. The van der Waals surface area contributed by atoms with Crippen molar-refractivity contribution in [1.29, 1.82) is 0 Å². The molecule has 0 saturated carbocycles. The average Bonchev–Trinajstić information content (AvgIpc) is 2.38. The van der Waals surface area contributed by atoms with Crippen molar-refractivity contribution in [3.05, 3.63) is 29.8 Å². The summed E-state index contributed by atoms with van der Waals surface area (Å²) in [6.07, 6.45) is 2.33. The van der Waals surface area contributed by atoms with Gasteiger partial charge in [-0.2, -0.15) is 4.39 Å². The van der Waals surface area contributed by atoms with E-state index in [1.165, 1.54) is 12.3 Å². The third kappa shape index (κ3) is 2.67. The van der Waals surface area contributed by atoms with E-state index in [0.717, 1.165) is 13.0 Å². The Morgan fingerprint density at radius 3 is 3.00 bits per heavy atom. The molecular weight excluding hydrogens is 233 g/mol. The Labute approximate surface area is 106 Å². The molecule has 98 valence electrons. The quantitative estimate of drug-likeness (QED) is 0.745. The molecule has 1 atom stereocenters. The van der Waals surface area contributed by atoms with Crippen LogP contribution in [-0.4, -0.2) is 53.4 Å². The van der Waals surface area contributed by atoms with Crippen LogP contribution in [0.25, 0.3) is 0 Å². The summed E-state index contributed by atoms with van der Waals surface area (Å²) < 4.78 is 13.0. The molecule has 2 rings (SSSR count). The van der Waals surface area contributed by atoms with E-state index in [1.807, 2.05) is 0 Å². The summed E-state index contributed by atoms with van der Waals surface area (Å²) in [5.41, 5.74) is 0.377. The molecule has 18 heavy (non-hydrogen) atoms. The first kappa shape index (κ1) is 13.0. The van der Waals surface area contributed by atoms with Crippen LogP contribution < -0.4 is 0 Å². The number of carbonyl (C=O) groups excluding carboxylic acids is 1. The van der Waals surface area contributed by atoms with Crippen molar-refractivity contribution in [2.75, 3.05) is 26.7 Å². The third-order valence-electron chi connectivity index (χ3n) is 3.51. The van der Waals surface area contributed by atoms with Crippen molar-refractivity contribution < 1.29 is 9.18 Å². The summed E-state index contributed by atoms with van der Waals surface area (Å²) >= 11 is 0. The lowest BCUT2D eigenvalue weighted by molar-refractivity contribution is 0.0541. The third-order valence-corrected chi connectivity index (χ3v) is 3.51. The Bertz CT molecular complexity index is 438. The first-order chi connectivity index (χ1) is 8.61. The molecule has 5 heteroatoms. The standard InChI is InChI=1S/C13H18FN3O/c1-3-11-9-17(7-6-16(11)2)13(18)10-4-5-15-12(14)8-10/h4-5,8,11H,3,6-7,9H2,1-2H3. The number of rotatable bonds is 2. The Balaban J connectivity index is 2.10. The highest BCUT2D eigenvalue weighted by atomic mass is 19.1. The molecule has 0 aliphatic carbocycles. The van der Waals surface area contributed by atoms with E-state index in [0.29, 0.717) is 24.7 Å². The van der Waals surface area contributed by atoms with Gasteiger partial charge in [0.25, 0.3) is 5.91 Å². The molecule has 1 aromatic rings. The number of hydrogen-bond donors (Lipinski definition) is 0. The van der Waals surface area contributed by atoms with Gasteiger partial charge in [-0.3, -0.25) is 9.69 Å². The Morgan fingerprint density at radius 2 is 2.33 bits per heavy atom. The van der Waals surface area contributed by atoms with E-state index in [-0.39, 0.29) is 5.91 Å². The Hall–Kier alpha value is -1.49. The van der Waals surface area contributed by atoms with Crippen LogP contribution in [0.5, 0.6) is 0 Å². The van der Waals surface area contributed by atoms with Gasteiger partial charge in [0.2, 0.25) is 5.95 Å². The summed E-state index contributed by atoms with van der Waals surface area (Å²) in [5, 5.41) is 0. The number of aromatic nitrogens is 1. The highest BCUT2D eigenvalue weighted by Crippen LogP contribution is 2.14. The number of carbonyl (C=O) groups is 1. The minimum atomic E-state index is -0.609. The fraction of sp³-hybridized carbons (Fsp3) is 0.538. The molecule has 0 bridgehead atoms. The zero-order valence-electron chi connectivity index (χ0n) is 10.8. The van der Waals surface area contributed by atoms with Crippen molar-refractivity contribution in [3.63, 3.8) is 0 Å². The molecule has 1 saturated heterocycles. The van der Waals surface area contributed by atoms with E-state index >= 15 is 0 Å². The molecular formula is C13H18FN3O. The summed E-state index contributed by atoms with van der Waals surface area (Å²) in [5.74, 6) is -0.718. The normalized spacial score (nSPS) is 21.1. The van der Waals surface area contributed by atoms with Gasteiger partial charge in [0.1, 0.15) is 0 Å². The number of amides is 1. The predicted molar refractivity (Wildman–Crippen MR) is 66.8 cm³/mol. The highest BCUT2D eigenvalue weighted by molar-refractivity contribution is 5.94. The molecule has 0 aromatic carbocycles. The van der Waals surface area contributed by atoms with Crippen LogP contribution in [0.2, 0.25) is 0 Å². The maximum atomic E-state index is 13.0. The molecule has 1 aromatic heterocycles. The maximum absolute atomic E-state index is 13.0. The zero-order valence-corrected chi connectivity index (χ0v) is 10.8. The first-order valence-corrected chi connectivity index (χ1v) is 6.23. The van der Waals surface area contributed by atoms with Crippen LogP contribution >= 0.6 is 0 Å². The zero-order chi connectivity index (χ0) is 13.1. The lowest BCUT2D eigenvalue weighted by Crippen LogP contribution is -2.52. The van der Waals surface area contributed by atoms with E-state index in [1.54, 1.807) is 11.0 Å². The van der Waals surface area contributed by atoms with Crippen molar-refractivity contribution in [1.82, 2.24) is 14.8 Å². The van der Waals surface area contributed by atoms with E-state index in [2.05, 4.69) is 23.9 Å². The summed E-state index contributed by atoms with van der Waals surface area (Å²) in [7, 11) is 2.07. The minimum Gasteiger partial charge on any atom is -0.336 e. The van der Waals surface area contributed by atoms with Gasteiger partial charge in [0.15, 0.2) is 0 Å². The van der Waals surface area contributed by atoms with E-state index in [9.17, 15) is 9.18 Å². The number of likely N-dealkylation sites (N-methyl/N-ethyl adjacent to an activating group) is 1. The van der Waals surface area contributed by atoms with Crippen molar-refractivity contribution in [2.45, 2.75) is 19.4 Å². The van der Waals surface area contributed by atoms with E-state index in [4.69, 9.17) is 0 Å². The SMILES string of the molecule is CCC1CN(C(=O)c2ccnc(F)c2)CCN1C. The number of hydrogen-bond acceptors (Lipinski definition) is 3. The molecule has 0 N–H and O–H groups in total. The van der Waals surface area contributed by atoms with Gasteiger partial charge in [-0.25, -0.2) is 4.98 Å². The van der Waals surface area contributed by atoms with Crippen LogP contribution in [0.4, 0.5) is 4.39 Å². The van der Waals surface area contributed by atoms with Gasteiger partial charge >= 0.3 is 0 Å². The van der Waals surface area contributed by atoms with Crippen molar-refractivity contribution in [3.8, 4) is 0 Å². The van der Waals surface area contributed by atoms with Gasteiger partial charge in [-0.1, -0.05) is 6.92 Å². The second-order valence-corrected chi connectivity index (χ2v) is 4.66. The molecule has 1 aliphatic heterocycles. The molecule has 1 amide bonds. The predicted octanol–water partition coefficient (Wildman–Crippen LogP) is 1.39. The molecule has 2 heterocycles. The second-order valence-electron chi connectivity index (χ2n) is 4.66. The minimum absolute atomic E-state index is 0.108. The van der Waals surface area contributed by atoms with Crippen LogP contribution in [-0.2, 0) is 0 Å². The number of nitrogens with zero attached hydrogens (tertiary/aromatic N) is 3. The highest BCUT2D eigenvalue weighted by Gasteiger charge is 2.26. The Kier molecular flexibility index (Phi) is 3.91. The largest absolute Gasteiger partial charge is 0.336 e. The number of pyridine rings is 1. The monoisotopic (exact) mass is 251 g/mol. The summed E-state index contributed by atoms with van der Waals surface area (Å²) in [4.78, 5) is 19.8. The fourth-order valence-electron chi connectivity index (χ4n) is 2.29. The molecule has 1 unspecified atom stereocenters. The van der Waals surface area contributed by atoms with Crippen LogP contribution in [0, 0.1) is 5.95 Å². The molecule has 1 fully saturated rings. The number of piperazine rings is 1. The second kappa shape index (κ2) is 5.44. The van der Waals surface area contributed by atoms with E-state index < -0.39 is 5.95 Å². The van der Waals surface area contributed by atoms with Gasteiger partial charge in [0.05, 0.1) is 0 Å². The smallest absolute Gasteiger partial charge is 0.254 e. The van der Waals surface area contributed by atoms with Crippen LogP contribution in [0.3, 0.4) is 0 Å². The number of halogens is 1. The Morgan fingerprint density at radius 1 is 1.56 bits per heavy atom. The lowest BCUT2D eigenvalue weighted by atomic mass is 10.1. The molecule has 1 aliphatic rings. The van der Waals surface area contributed by atoms with Crippen LogP contribution in [0.1, 0.15) is 23.7 Å². The molecule has 0 spiro atoms. The fourth-order valence-corrected chi connectivity index (χ4v) is 2.29. The summed E-state index contributed by atoms with van der Waals surface area (Å²) in [6, 6.07) is 3.14. The van der Waals surface area contributed by atoms with Gasteiger partial charge < -0.3 is 4.90 Å². The van der Waals surface area contributed by atoms with Gasteiger partial charge in [-0.05, 0) is 19.5 Å². The molecule has 0 radical (unpaired) electrons. The van der Waals surface area contributed by atoms with Crippen LogP contribution in [0.15, 0.2) is 18.3 Å². The lowest BCUT2D eigenvalue weighted by Gasteiger charge is -2.39. The maximum Gasteiger partial charge on any atom is 0.254 e. The average molecular weight is 251 g/mol. The van der Waals surface area contributed by atoms with Gasteiger partial charge in [-0.15, -0.1) is 0 Å². The first-order valence-electron chi connectivity index (χ1n) is 6.23. The van der Waals surface area contributed by atoms with Crippen molar-refractivity contribution >= 4 is 5.91 Å². The van der Waals surface area contributed by atoms with Crippen molar-refractivity contribution in [2.24, 2.45) is 0 Å². The molecule has 4 nitrogen and oxygen atoms in total. The van der Waals surface area contributed by atoms with Gasteiger partial charge in [0, 0.05) is 43.5 Å². The topological polar surface area (TPSA) is 36.4 Å².